The second-order valence-corrected chi connectivity index (χ2v) is 9.98. The molecule has 1 heterocycles. The second-order valence-electron chi connectivity index (χ2n) is 9.98. The van der Waals surface area contributed by atoms with Gasteiger partial charge in [0.2, 0.25) is 0 Å². The lowest BCUT2D eigenvalue weighted by Gasteiger charge is -2.48. The maximum Gasteiger partial charge on any atom is 0.168 e. The first-order valence-electron chi connectivity index (χ1n) is 11.8. The van der Waals surface area contributed by atoms with Crippen LogP contribution in [0.15, 0.2) is 23.8 Å². The van der Waals surface area contributed by atoms with Crippen molar-refractivity contribution in [3.63, 3.8) is 0 Å². The minimum atomic E-state index is -2.31. The van der Waals surface area contributed by atoms with E-state index in [1.165, 1.54) is 12.1 Å². The van der Waals surface area contributed by atoms with E-state index < -0.39 is 29.7 Å². The minimum Gasteiger partial charge on any atom is -0.508 e. The summed E-state index contributed by atoms with van der Waals surface area (Å²) in [4.78, 5) is 0. The number of unbranched alkanes of at least 4 members (excludes halogenated alkanes) is 2. The van der Waals surface area contributed by atoms with Crippen molar-refractivity contribution in [2.75, 3.05) is 6.61 Å². The van der Waals surface area contributed by atoms with Crippen LogP contribution in [0.4, 0.5) is 0 Å². The predicted molar refractivity (Wildman–Crippen MR) is 122 cm³/mol. The zero-order valence-electron chi connectivity index (χ0n) is 19.6. The number of rotatable bonds is 9. The Morgan fingerprint density at radius 2 is 1.76 bits per heavy atom. The van der Waals surface area contributed by atoms with Crippen molar-refractivity contribution < 1.29 is 40.5 Å². The Labute approximate surface area is 194 Å². The summed E-state index contributed by atoms with van der Waals surface area (Å²) in [5, 5.41) is 72.8. The van der Waals surface area contributed by atoms with E-state index in [2.05, 4.69) is 0 Å². The largest absolute Gasteiger partial charge is 0.508 e. The number of phenolic OH excluding ortho intramolecular Hbond substituents is 1. The molecule has 1 aromatic carbocycles. The average Bonchev–Trinajstić information content (AvgIpc) is 2.72. The molecule has 1 unspecified atom stereocenters. The van der Waals surface area contributed by atoms with Gasteiger partial charge in [0, 0.05) is 17.4 Å². The number of aliphatic hydroxyl groups excluding tert-OH is 4. The molecule has 2 aliphatic rings. The maximum atomic E-state index is 11.1. The van der Waals surface area contributed by atoms with Gasteiger partial charge in [-0.05, 0) is 56.4 Å². The summed E-state index contributed by atoms with van der Waals surface area (Å²) in [5.74, 6) is 0.0285. The predicted octanol–water partition coefficient (Wildman–Crippen LogP) is 1.78. The molecule has 7 N–H and O–H groups in total. The molecule has 3 atom stereocenters. The minimum absolute atomic E-state index is 0.0317. The Kier molecular flexibility index (Phi) is 7.78. The first kappa shape index (κ1) is 25.9. The molecular weight excluding hydrogens is 428 g/mol. The second kappa shape index (κ2) is 9.90. The van der Waals surface area contributed by atoms with Gasteiger partial charge < -0.3 is 40.5 Å². The van der Waals surface area contributed by atoms with Gasteiger partial charge in [-0.25, -0.2) is 0 Å². The number of hydrogen-bond donors (Lipinski definition) is 7. The molecule has 8 heteroatoms. The van der Waals surface area contributed by atoms with Crippen molar-refractivity contribution in [2.45, 2.75) is 94.9 Å². The highest BCUT2D eigenvalue weighted by molar-refractivity contribution is 5.55. The third-order valence-electron chi connectivity index (χ3n) is 7.58. The lowest BCUT2D eigenvalue weighted by Crippen LogP contribution is -2.57. The summed E-state index contributed by atoms with van der Waals surface area (Å²) in [6.07, 6.45) is -0.561. The molecule has 1 aromatic rings. The molecule has 0 spiro atoms. The molecule has 33 heavy (non-hydrogen) atoms. The number of fused-ring (bicyclic) bond motifs is 3. The van der Waals surface area contributed by atoms with Gasteiger partial charge in [0.25, 0.3) is 0 Å². The summed E-state index contributed by atoms with van der Waals surface area (Å²) in [6.45, 7) is 5.78. The standard InChI is InChI=1S/C25H38O8/c1-4-5-6-7-20(28)25(22(29)30,23(31)32)15-11-18(27)21-16-10-14(13-26)8-9-17(16)24(2,3)33-19(21)12-15/h8,11-12,16-17,20,22-23,26-32H,4-7,9-10,13H2,1-3H3/t16-,17-,20?/m0/s1. The van der Waals surface area contributed by atoms with E-state index in [-0.39, 0.29) is 36.2 Å². The summed E-state index contributed by atoms with van der Waals surface area (Å²) >= 11 is 0. The third-order valence-corrected chi connectivity index (χ3v) is 7.58. The normalized spacial score (nSPS) is 23.1. The summed E-state index contributed by atoms with van der Waals surface area (Å²) in [7, 11) is 0. The van der Waals surface area contributed by atoms with Gasteiger partial charge in [-0.3, -0.25) is 0 Å². The first-order chi connectivity index (χ1) is 15.5. The molecule has 0 fully saturated rings. The number of phenols is 1. The molecule has 0 radical (unpaired) electrons. The molecule has 0 amide bonds. The van der Waals surface area contributed by atoms with E-state index >= 15 is 0 Å². The number of hydrogen-bond acceptors (Lipinski definition) is 8. The van der Waals surface area contributed by atoms with E-state index in [0.717, 1.165) is 18.4 Å². The van der Waals surface area contributed by atoms with E-state index in [4.69, 9.17) is 4.74 Å². The summed E-state index contributed by atoms with van der Waals surface area (Å²) < 4.78 is 6.25. The zero-order valence-corrected chi connectivity index (χ0v) is 19.6. The monoisotopic (exact) mass is 466 g/mol. The highest BCUT2D eigenvalue weighted by Gasteiger charge is 2.53. The van der Waals surface area contributed by atoms with Crippen LogP contribution in [-0.2, 0) is 5.41 Å². The molecule has 0 saturated carbocycles. The molecule has 0 saturated heterocycles. The number of allylic oxidation sites excluding steroid dienone is 1. The van der Waals surface area contributed by atoms with Crippen molar-refractivity contribution in [3.05, 3.63) is 34.9 Å². The van der Waals surface area contributed by atoms with Gasteiger partial charge >= 0.3 is 0 Å². The van der Waals surface area contributed by atoms with E-state index in [0.29, 0.717) is 30.6 Å². The Hall–Kier alpha value is -1.68. The lowest BCUT2D eigenvalue weighted by atomic mass is 9.66. The quantitative estimate of drug-likeness (QED) is 0.165. The van der Waals surface area contributed by atoms with E-state index in [1.54, 1.807) is 0 Å². The number of aromatic hydroxyl groups is 1. The maximum absolute atomic E-state index is 11.1. The van der Waals surface area contributed by atoms with Crippen LogP contribution in [0.1, 0.15) is 76.3 Å². The fourth-order valence-corrected chi connectivity index (χ4v) is 5.64. The van der Waals surface area contributed by atoms with Crippen molar-refractivity contribution in [1.82, 2.24) is 0 Å². The molecule has 1 aliphatic carbocycles. The summed E-state index contributed by atoms with van der Waals surface area (Å²) in [6, 6.07) is 2.72. The van der Waals surface area contributed by atoms with Crippen LogP contribution in [0.2, 0.25) is 0 Å². The molecule has 0 aromatic heterocycles. The van der Waals surface area contributed by atoms with Crippen molar-refractivity contribution >= 4 is 0 Å². The van der Waals surface area contributed by atoms with Gasteiger partial charge in [0.15, 0.2) is 12.6 Å². The van der Waals surface area contributed by atoms with E-state index in [1.807, 2.05) is 26.8 Å². The molecule has 8 nitrogen and oxygen atoms in total. The topological polar surface area (TPSA) is 151 Å². The fraction of sp³-hybridized carbons (Fsp3) is 0.680. The zero-order chi connectivity index (χ0) is 24.6. The Bertz CT molecular complexity index is 852. The van der Waals surface area contributed by atoms with Gasteiger partial charge in [0.05, 0.1) is 12.7 Å². The lowest BCUT2D eigenvalue weighted by molar-refractivity contribution is -0.229. The van der Waals surface area contributed by atoms with Gasteiger partial charge in [-0.1, -0.05) is 32.3 Å². The van der Waals surface area contributed by atoms with Crippen molar-refractivity contribution in [3.8, 4) is 11.5 Å². The molecule has 0 bridgehead atoms. The third kappa shape index (κ3) is 4.52. The molecule has 186 valence electrons. The number of aliphatic hydroxyl groups is 6. The highest BCUT2D eigenvalue weighted by atomic mass is 16.5. The van der Waals surface area contributed by atoms with Gasteiger partial charge in [-0.15, -0.1) is 0 Å². The van der Waals surface area contributed by atoms with Crippen molar-refractivity contribution in [1.29, 1.82) is 0 Å². The van der Waals surface area contributed by atoms with Crippen LogP contribution in [0.5, 0.6) is 11.5 Å². The molecule has 3 rings (SSSR count). The van der Waals surface area contributed by atoms with Gasteiger partial charge in [0.1, 0.15) is 22.5 Å². The van der Waals surface area contributed by atoms with Crippen LogP contribution < -0.4 is 4.74 Å². The smallest absolute Gasteiger partial charge is 0.168 e. The van der Waals surface area contributed by atoms with Crippen molar-refractivity contribution in [2.24, 2.45) is 5.92 Å². The Morgan fingerprint density at radius 1 is 1.09 bits per heavy atom. The molecular formula is C25H38O8. The SMILES string of the molecule is CCCCCC(O)C(c1cc(O)c2c(c1)OC(C)(C)[C@H]1CC=C(CO)C[C@H]21)(C(O)O)C(O)O. The molecule has 1 aliphatic heterocycles. The Balaban J connectivity index is 2.13. The van der Waals surface area contributed by atoms with Crippen LogP contribution in [0.25, 0.3) is 0 Å². The van der Waals surface area contributed by atoms with Crippen LogP contribution in [0, 0.1) is 5.92 Å². The van der Waals surface area contributed by atoms with Crippen LogP contribution in [0.3, 0.4) is 0 Å². The highest BCUT2D eigenvalue weighted by Crippen LogP contribution is 2.55. The van der Waals surface area contributed by atoms with Gasteiger partial charge in [-0.2, -0.15) is 0 Å². The number of ether oxygens (including phenoxy) is 1. The Morgan fingerprint density at radius 3 is 2.33 bits per heavy atom. The fourth-order valence-electron chi connectivity index (χ4n) is 5.64. The van der Waals surface area contributed by atoms with E-state index in [9.17, 15) is 35.7 Å². The number of benzene rings is 1. The van der Waals surface area contributed by atoms with Crippen LogP contribution in [-0.4, -0.2) is 66.6 Å². The van der Waals surface area contributed by atoms with Crippen LogP contribution >= 0.6 is 0 Å². The summed E-state index contributed by atoms with van der Waals surface area (Å²) in [5.41, 5.74) is -1.50. The first-order valence-corrected chi connectivity index (χ1v) is 11.8. The average molecular weight is 467 g/mol.